The van der Waals surface area contributed by atoms with Crippen molar-refractivity contribution in [3.63, 3.8) is 0 Å². The molecule has 0 spiro atoms. The van der Waals surface area contributed by atoms with Gasteiger partial charge in [0.25, 0.3) is 0 Å². The molecule has 1 fully saturated rings. The molecule has 170 valence electrons. The number of carbonyl (C=O) groups excluding carboxylic acids is 1. The number of methoxy groups -OCH3 is 1. The van der Waals surface area contributed by atoms with Gasteiger partial charge in [0.05, 0.1) is 47.4 Å². The molecule has 4 rings (SSSR count). The molecule has 9 nitrogen and oxygen atoms in total. The van der Waals surface area contributed by atoms with Crippen LogP contribution < -0.4 is 19.5 Å². The first-order chi connectivity index (χ1) is 15.2. The molecule has 0 aliphatic heterocycles. The van der Waals surface area contributed by atoms with Gasteiger partial charge in [-0.15, -0.1) is 0 Å². The largest absolute Gasteiger partial charge is 0.492 e. The SMILES string of the molecule is CCOc1cc2nn([C@H]3C[C@@H](C(C)(C)O)C3)cc2cc1NC(=O)c1cccc(OC)[n+]1O. The second-order valence-corrected chi connectivity index (χ2v) is 8.64. The summed E-state index contributed by atoms with van der Waals surface area (Å²) in [5.74, 6) is 0.381. The van der Waals surface area contributed by atoms with E-state index in [0.717, 1.165) is 23.7 Å². The van der Waals surface area contributed by atoms with Crippen LogP contribution in [0.5, 0.6) is 11.6 Å². The van der Waals surface area contributed by atoms with E-state index >= 15 is 0 Å². The van der Waals surface area contributed by atoms with Gasteiger partial charge in [-0.05, 0) is 51.7 Å². The van der Waals surface area contributed by atoms with Crippen LogP contribution in [-0.2, 0) is 0 Å². The minimum atomic E-state index is -0.688. The molecule has 0 radical (unpaired) electrons. The van der Waals surface area contributed by atoms with Crippen LogP contribution in [-0.4, -0.2) is 45.3 Å². The van der Waals surface area contributed by atoms with E-state index in [0.29, 0.717) is 22.8 Å². The van der Waals surface area contributed by atoms with E-state index in [4.69, 9.17) is 14.6 Å². The van der Waals surface area contributed by atoms with Gasteiger partial charge in [-0.25, -0.2) is 0 Å². The Balaban J connectivity index is 1.61. The molecule has 2 heterocycles. The number of rotatable bonds is 7. The predicted octanol–water partition coefficient (Wildman–Crippen LogP) is 2.94. The molecule has 1 amide bonds. The number of pyridine rings is 1. The van der Waals surface area contributed by atoms with Crippen molar-refractivity contribution < 1.29 is 29.3 Å². The van der Waals surface area contributed by atoms with Crippen molar-refractivity contribution in [2.24, 2.45) is 5.92 Å². The normalized spacial score (nSPS) is 18.3. The third kappa shape index (κ3) is 4.08. The smallest absolute Gasteiger partial charge is 0.417 e. The van der Waals surface area contributed by atoms with Gasteiger partial charge < -0.3 is 19.9 Å². The average Bonchev–Trinajstić information content (AvgIpc) is 3.08. The molecule has 3 N–H and O–H groups in total. The molecule has 0 bridgehead atoms. The van der Waals surface area contributed by atoms with Crippen molar-refractivity contribution in [3.05, 3.63) is 42.2 Å². The quantitative estimate of drug-likeness (QED) is 0.384. The summed E-state index contributed by atoms with van der Waals surface area (Å²) in [6.45, 7) is 5.97. The predicted molar refractivity (Wildman–Crippen MR) is 117 cm³/mol. The lowest BCUT2D eigenvalue weighted by Gasteiger charge is -2.42. The lowest BCUT2D eigenvalue weighted by molar-refractivity contribution is -0.907. The molecule has 1 aromatic carbocycles. The molecule has 1 aliphatic carbocycles. The van der Waals surface area contributed by atoms with Gasteiger partial charge in [0.15, 0.2) is 0 Å². The number of hydrogen-bond acceptors (Lipinski definition) is 6. The average molecular weight is 442 g/mol. The highest BCUT2D eigenvalue weighted by Gasteiger charge is 2.40. The second kappa shape index (κ2) is 8.31. The highest BCUT2D eigenvalue weighted by molar-refractivity contribution is 6.04. The third-order valence-corrected chi connectivity index (χ3v) is 6.03. The van der Waals surface area contributed by atoms with Crippen LogP contribution in [0.15, 0.2) is 36.5 Å². The Bertz CT molecular complexity index is 1150. The number of ether oxygens (including phenoxy) is 2. The first-order valence-corrected chi connectivity index (χ1v) is 10.7. The zero-order valence-electron chi connectivity index (χ0n) is 18.7. The van der Waals surface area contributed by atoms with Gasteiger partial charge >= 0.3 is 17.5 Å². The number of nitrogens with one attached hydrogen (secondary N) is 1. The number of nitrogens with zero attached hydrogens (tertiary/aromatic N) is 3. The number of hydrogen-bond donors (Lipinski definition) is 3. The molecule has 0 unspecified atom stereocenters. The number of carbonyl (C=O) groups is 1. The van der Waals surface area contributed by atoms with Gasteiger partial charge in [0.2, 0.25) is 0 Å². The van der Waals surface area contributed by atoms with Crippen LogP contribution in [0.1, 0.15) is 50.1 Å². The van der Waals surface area contributed by atoms with Crippen LogP contribution >= 0.6 is 0 Å². The molecule has 9 heteroatoms. The van der Waals surface area contributed by atoms with Crippen molar-refractivity contribution in [2.75, 3.05) is 19.0 Å². The van der Waals surface area contributed by atoms with Crippen LogP contribution in [0.3, 0.4) is 0 Å². The second-order valence-electron chi connectivity index (χ2n) is 8.64. The van der Waals surface area contributed by atoms with E-state index in [-0.39, 0.29) is 23.5 Å². The maximum atomic E-state index is 12.8. The molecule has 3 aromatic rings. The Morgan fingerprint density at radius 1 is 1.34 bits per heavy atom. The number of anilines is 1. The maximum Gasteiger partial charge on any atom is 0.417 e. The van der Waals surface area contributed by atoms with Gasteiger partial charge in [-0.3, -0.25) is 14.7 Å². The zero-order chi connectivity index (χ0) is 23.0. The summed E-state index contributed by atoms with van der Waals surface area (Å²) in [7, 11) is 1.41. The van der Waals surface area contributed by atoms with E-state index in [1.54, 1.807) is 18.2 Å². The number of benzene rings is 1. The minimum Gasteiger partial charge on any atom is -0.492 e. The number of aromatic nitrogens is 3. The highest BCUT2D eigenvalue weighted by Crippen LogP contribution is 2.44. The van der Waals surface area contributed by atoms with Crippen molar-refractivity contribution in [3.8, 4) is 11.6 Å². The van der Waals surface area contributed by atoms with Crippen LogP contribution in [0, 0.1) is 5.92 Å². The van der Waals surface area contributed by atoms with E-state index < -0.39 is 11.5 Å². The van der Waals surface area contributed by atoms with Crippen molar-refractivity contribution in [1.29, 1.82) is 0 Å². The first kappa shape index (κ1) is 21.9. The van der Waals surface area contributed by atoms with Gasteiger partial charge in [-0.1, -0.05) is 0 Å². The third-order valence-electron chi connectivity index (χ3n) is 6.03. The molecular weight excluding hydrogens is 412 g/mol. The Morgan fingerprint density at radius 3 is 2.75 bits per heavy atom. The van der Waals surface area contributed by atoms with E-state index in [1.165, 1.54) is 13.2 Å². The molecule has 0 atom stereocenters. The Kier molecular flexibility index (Phi) is 5.68. The maximum absolute atomic E-state index is 12.8. The fraction of sp³-hybridized carbons (Fsp3) is 0.435. The van der Waals surface area contributed by atoms with Crippen molar-refractivity contribution in [2.45, 2.75) is 45.3 Å². The van der Waals surface area contributed by atoms with E-state index in [1.807, 2.05) is 37.7 Å². The molecule has 1 saturated carbocycles. The number of amides is 1. The number of fused-ring (bicyclic) bond motifs is 1. The lowest BCUT2D eigenvalue weighted by atomic mass is 9.71. The summed E-state index contributed by atoms with van der Waals surface area (Å²) in [4.78, 5) is 12.8. The summed E-state index contributed by atoms with van der Waals surface area (Å²) in [6.07, 6.45) is 3.68. The van der Waals surface area contributed by atoms with Gasteiger partial charge in [0, 0.05) is 23.7 Å². The number of aliphatic hydroxyl groups is 1. The van der Waals surface area contributed by atoms with E-state index in [2.05, 4.69) is 5.32 Å². The van der Waals surface area contributed by atoms with Gasteiger partial charge in [0.1, 0.15) is 5.75 Å². The van der Waals surface area contributed by atoms with Crippen LogP contribution in [0.25, 0.3) is 10.9 Å². The fourth-order valence-electron chi connectivity index (χ4n) is 4.01. The summed E-state index contributed by atoms with van der Waals surface area (Å²) in [5, 5.41) is 28.8. The van der Waals surface area contributed by atoms with Crippen molar-refractivity contribution in [1.82, 2.24) is 9.78 Å². The van der Waals surface area contributed by atoms with Crippen LogP contribution in [0.4, 0.5) is 5.69 Å². The van der Waals surface area contributed by atoms with Gasteiger partial charge in [-0.2, -0.15) is 5.10 Å². The molecule has 0 saturated heterocycles. The Labute approximate surface area is 186 Å². The minimum absolute atomic E-state index is 0.0229. The summed E-state index contributed by atoms with van der Waals surface area (Å²) in [5.41, 5.74) is 0.577. The molecule has 1 aliphatic rings. The summed E-state index contributed by atoms with van der Waals surface area (Å²) < 4.78 is 13.4. The summed E-state index contributed by atoms with van der Waals surface area (Å²) >= 11 is 0. The summed E-state index contributed by atoms with van der Waals surface area (Å²) in [6, 6.07) is 8.51. The fourth-order valence-corrected chi connectivity index (χ4v) is 4.01. The van der Waals surface area contributed by atoms with E-state index in [9.17, 15) is 15.1 Å². The molecule has 2 aromatic heterocycles. The first-order valence-electron chi connectivity index (χ1n) is 10.7. The van der Waals surface area contributed by atoms with Crippen LogP contribution in [0.2, 0.25) is 0 Å². The molecule has 32 heavy (non-hydrogen) atoms. The van der Waals surface area contributed by atoms with Crippen molar-refractivity contribution >= 4 is 22.5 Å². The Morgan fingerprint density at radius 2 is 2.09 bits per heavy atom. The molecular formula is C23H29N4O5+. The Hall–Kier alpha value is -3.33. The zero-order valence-corrected chi connectivity index (χ0v) is 18.7. The standard InChI is InChI=1S/C23H28N4O5/c1-5-32-20-12-17-14(13-26(25-17)16-10-15(11-16)23(2,3)29)9-18(20)24-22(28)19-7-6-8-21(31-4)27(19)30/h6-9,12-13,15-16,29H,5,10-11H2,1-4H3,(H-,24,28,30)/p+1/t15-,16+. The highest BCUT2D eigenvalue weighted by atomic mass is 16.5. The lowest BCUT2D eigenvalue weighted by Crippen LogP contribution is -2.41. The monoisotopic (exact) mass is 441 g/mol. The topological polar surface area (TPSA) is 110 Å².